The van der Waals surface area contributed by atoms with E-state index in [2.05, 4.69) is 4.98 Å². The molecule has 0 aliphatic carbocycles. The van der Waals surface area contributed by atoms with E-state index in [0.29, 0.717) is 12.8 Å². The molecule has 0 bridgehead atoms. The van der Waals surface area contributed by atoms with Crippen LogP contribution in [0, 0.1) is 0 Å². The smallest absolute Gasteiger partial charge is 0.328 e. The van der Waals surface area contributed by atoms with Crippen LogP contribution in [0.4, 0.5) is 13.2 Å². The van der Waals surface area contributed by atoms with Gasteiger partial charge in [0.1, 0.15) is 12.2 Å². The van der Waals surface area contributed by atoms with Crippen molar-refractivity contribution >= 4 is 17.5 Å². The van der Waals surface area contributed by atoms with Crippen LogP contribution in [0.2, 0.25) is 5.02 Å². The lowest BCUT2D eigenvalue weighted by atomic mass is 10.2. The standard InChI is InChI=1S/C12H14ClF3N2O/c1-2-3-6-18(8-12(14,15)16)11(19)10-7-9(13)4-5-17-10/h4-5,7H,2-3,6,8H2,1H3. The van der Waals surface area contributed by atoms with Crippen LogP contribution >= 0.6 is 11.6 Å². The first-order valence-electron chi connectivity index (χ1n) is 5.81. The Morgan fingerprint density at radius 2 is 2.16 bits per heavy atom. The van der Waals surface area contributed by atoms with E-state index in [-0.39, 0.29) is 17.3 Å². The number of unbranched alkanes of at least 4 members (excludes halogenated alkanes) is 1. The number of halogens is 4. The Morgan fingerprint density at radius 1 is 1.47 bits per heavy atom. The third-order valence-electron chi connectivity index (χ3n) is 2.38. The van der Waals surface area contributed by atoms with Gasteiger partial charge in [0, 0.05) is 17.8 Å². The molecule has 1 aromatic rings. The van der Waals surface area contributed by atoms with Crippen LogP contribution in [0.15, 0.2) is 18.3 Å². The second-order valence-electron chi connectivity index (χ2n) is 4.05. The first kappa shape index (κ1) is 15.8. The molecule has 1 amide bonds. The number of carbonyl (C=O) groups excluding carboxylic acids is 1. The Bertz CT molecular complexity index is 437. The van der Waals surface area contributed by atoms with Crippen molar-refractivity contribution in [1.82, 2.24) is 9.88 Å². The minimum Gasteiger partial charge on any atom is -0.328 e. The third kappa shape index (κ3) is 5.46. The van der Waals surface area contributed by atoms with Gasteiger partial charge in [0.2, 0.25) is 0 Å². The highest BCUT2D eigenvalue weighted by Crippen LogP contribution is 2.19. The molecule has 0 aliphatic rings. The van der Waals surface area contributed by atoms with E-state index in [4.69, 9.17) is 11.6 Å². The van der Waals surface area contributed by atoms with Crippen LogP contribution in [-0.4, -0.2) is 35.1 Å². The predicted octanol–water partition coefficient (Wildman–Crippen LogP) is 3.54. The van der Waals surface area contributed by atoms with Crippen LogP contribution in [-0.2, 0) is 0 Å². The Labute approximate surface area is 114 Å². The van der Waals surface area contributed by atoms with Gasteiger partial charge in [-0.05, 0) is 18.6 Å². The molecule has 0 unspecified atom stereocenters. The maximum Gasteiger partial charge on any atom is 0.406 e. The Hall–Kier alpha value is -1.30. The van der Waals surface area contributed by atoms with Gasteiger partial charge in [0.05, 0.1) is 0 Å². The summed E-state index contributed by atoms with van der Waals surface area (Å²) in [6.07, 6.45) is -1.93. The summed E-state index contributed by atoms with van der Waals surface area (Å²) in [5, 5.41) is 0.265. The fourth-order valence-corrected chi connectivity index (χ4v) is 1.66. The van der Waals surface area contributed by atoms with Crippen molar-refractivity contribution in [1.29, 1.82) is 0 Å². The number of hydrogen-bond donors (Lipinski definition) is 0. The molecule has 1 aromatic heterocycles. The van der Waals surface area contributed by atoms with Crippen LogP contribution in [0.5, 0.6) is 0 Å². The maximum atomic E-state index is 12.4. The highest BCUT2D eigenvalue weighted by atomic mass is 35.5. The molecule has 0 atom stereocenters. The Morgan fingerprint density at radius 3 is 2.68 bits per heavy atom. The molecule has 0 saturated heterocycles. The lowest BCUT2D eigenvalue weighted by Crippen LogP contribution is -2.39. The highest BCUT2D eigenvalue weighted by Gasteiger charge is 2.33. The monoisotopic (exact) mass is 294 g/mol. The summed E-state index contributed by atoms with van der Waals surface area (Å²) in [5.74, 6) is -0.756. The van der Waals surface area contributed by atoms with Gasteiger partial charge in [-0.15, -0.1) is 0 Å². The molecule has 0 aliphatic heterocycles. The van der Waals surface area contributed by atoms with Crippen LogP contribution in [0.25, 0.3) is 0 Å². The van der Waals surface area contributed by atoms with Gasteiger partial charge < -0.3 is 4.90 Å². The fourth-order valence-electron chi connectivity index (χ4n) is 1.50. The first-order valence-corrected chi connectivity index (χ1v) is 6.19. The van der Waals surface area contributed by atoms with Crippen molar-refractivity contribution in [2.45, 2.75) is 25.9 Å². The molecular weight excluding hydrogens is 281 g/mol. The fraction of sp³-hybridized carbons (Fsp3) is 0.500. The zero-order chi connectivity index (χ0) is 14.5. The first-order chi connectivity index (χ1) is 8.83. The van der Waals surface area contributed by atoms with E-state index in [1.54, 1.807) is 0 Å². The molecule has 3 nitrogen and oxygen atoms in total. The molecule has 106 valence electrons. The molecule has 0 N–H and O–H groups in total. The number of aromatic nitrogens is 1. The summed E-state index contributed by atoms with van der Waals surface area (Å²) in [5.41, 5.74) is -0.0761. The largest absolute Gasteiger partial charge is 0.406 e. The molecular formula is C12H14ClF3N2O. The number of carbonyl (C=O) groups is 1. The van der Waals surface area contributed by atoms with E-state index in [1.807, 2.05) is 6.92 Å². The summed E-state index contributed by atoms with van der Waals surface area (Å²) < 4.78 is 37.3. The molecule has 0 saturated carbocycles. The van der Waals surface area contributed by atoms with Crippen LogP contribution < -0.4 is 0 Å². The number of alkyl halides is 3. The number of pyridine rings is 1. The Balaban J connectivity index is 2.87. The number of hydrogen-bond acceptors (Lipinski definition) is 2. The van der Waals surface area contributed by atoms with Crippen LogP contribution in [0.1, 0.15) is 30.3 Å². The van der Waals surface area contributed by atoms with Gasteiger partial charge in [-0.1, -0.05) is 24.9 Å². The lowest BCUT2D eigenvalue weighted by molar-refractivity contribution is -0.140. The zero-order valence-electron chi connectivity index (χ0n) is 10.4. The molecule has 0 spiro atoms. The molecule has 1 heterocycles. The van der Waals surface area contributed by atoms with Crippen molar-refractivity contribution in [3.8, 4) is 0 Å². The average molecular weight is 295 g/mol. The van der Waals surface area contributed by atoms with Crippen LogP contribution in [0.3, 0.4) is 0 Å². The van der Waals surface area contributed by atoms with Gasteiger partial charge >= 0.3 is 6.18 Å². The van der Waals surface area contributed by atoms with E-state index in [9.17, 15) is 18.0 Å². The second-order valence-corrected chi connectivity index (χ2v) is 4.49. The number of rotatable bonds is 5. The molecule has 0 radical (unpaired) electrons. The van der Waals surface area contributed by atoms with E-state index >= 15 is 0 Å². The molecule has 0 fully saturated rings. The van der Waals surface area contributed by atoms with Gasteiger partial charge in [-0.3, -0.25) is 9.78 Å². The molecule has 1 rings (SSSR count). The average Bonchev–Trinajstić information content (AvgIpc) is 2.32. The van der Waals surface area contributed by atoms with E-state index in [1.165, 1.54) is 18.3 Å². The van der Waals surface area contributed by atoms with Gasteiger partial charge in [-0.2, -0.15) is 13.2 Å². The highest BCUT2D eigenvalue weighted by molar-refractivity contribution is 6.30. The van der Waals surface area contributed by atoms with Crippen molar-refractivity contribution in [3.05, 3.63) is 29.0 Å². The van der Waals surface area contributed by atoms with Crippen molar-refractivity contribution < 1.29 is 18.0 Å². The summed E-state index contributed by atoms with van der Waals surface area (Å²) >= 11 is 5.70. The van der Waals surface area contributed by atoms with Gasteiger partial charge in [0.15, 0.2) is 0 Å². The molecule has 19 heavy (non-hydrogen) atoms. The second kappa shape index (κ2) is 6.75. The minimum absolute atomic E-state index is 0.0447. The van der Waals surface area contributed by atoms with E-state index in [0.717, 1.165) is 4.90 Å². The van der Waals surface area contributed by atoms with Gasteiger partial charge in [-0.25, -0.2) is 0 Å². The SMILES string of the molecule is CCCCN(CC(F)(F)F)C(=O)c1cc(Cl)ccn1. The van der Waals surface area contributed by atoms with Crippen molar-refractivity contribution in [2.75, 3.05) is 13.1 Å². The lowest BCUT2D eigenvalue weighted by Gasteiger charge is -2.23. The topological polar surface area (TPSA) is 33.2 Å². The maximum absolute atomic E-state index is 12.4. The number of nitrogens with zero attached hydrogens (tertiary/aromatic N) is 2. The quantitative estimate of drug-likeness (QED) is 0.832. The molecule has 0 aromatic carbocycles. The normalized spacial score (nSPS) is 11.4. The van der Waals surface area contributed by atoms with Crippen molar-refractivity contribution in [3.63, 3.8) is 0 Å². The van der Waals surface area contributed by atoms with E-state index < -0.39 is 18.6 Å². The molecule has 7 heteroatoms. The number of amides is 1. The third-order valence-corrected chi connectivity index (χ3v) is 2.62. The minimum atomic E-state index is -4.43. The summed E-state index contributed by atoms with van der Waals surface area (Å²) in [4.78, 5) is 16.5. The Kier molecular flexibility index (Phi) is 5.60. The summed E-state index contributed by atoms with van der Waals surface area (Å²) in [6.45, 7) is 0.608. The zero-order valence-corrected chi connectivity index (χ0v) is 11.1. The summed E-state index contributed by atoms with van der Waals surface area (Å²) in [6, 6.07) is 2.72. The predicted molar refractivity (Wildman–Crippen MR) is 66.1 cm³/mol. The van der Waals surface area contributed by atoms with Gasteiger partial charge in [0.25, 0.3) is 5.91 Å². The van der Waals surface area contributed by atoms with Crippen molar-refractivity contribution in [2.24, 2.45) is 0 Å². The summed E-state index contributed by atoms with van der Waals surface area (Å²) in [7, 11) is 0.